The van der Waals surface area contributed by atoms with Gasteiger partial charge in [-0.25, -0.2) is 9.59 Å². The highest BCUT2D eigenvalue weighted by molar-refractivity contribution is 5.95. The smallest absolute Gasteiger partial charge is 0.345 e. The molecule has 2 atom stereocenters. The molecule has 2 aliphatic heterocycles. The molecule has 3 aromatic carbocycles. The van der Waals surface area contributed by atoms with Crippen LogP contribution < -0.4 is 25.4 Å². The molecule has 0 radical (unpaired) electrons. The lowest BCUT2D eigenvalue weighted by atomic mass is 9.85. The molecule has 0 bridgehead atoms. The van der Waals surface area contributed by atoms with Gasteiger partial charge in [0.1, 0.15) is 0 Å². The Balaban J connectivity index is 1.41. The van der Waals surface area contributed by atoms with Crippen molar-refractivity contribution >= 4 is 28.5 Å². The first-order chi connectivity index (χ1) is 15.0. The minimum Gasteiger partial charge on any atom is -0.478 e. The number of carbonyl (C=O) groups excluding carboxylic acids is 1. The van der Waals surface area contributed by atoms with Crippen LogP contribution in [0.4, 0.5) is 10.5 Å². The van der Waals surface area contributed by atoms with Crippen molar-refractivity contribution in [2.75, 3.05) is 18.7 Å². The number of hydrogen-bond donors (Lipinski definition) is 4. The van der Waals surface area contributed by atoms with E-state index < -0.39 is 23.6 Å². The summed E-state index contributed by atoms with van der Waals surface area (Å²) in [6.45, 7) is 0.596. The summed E-state index contributed by atoms with van der Waals surface area (Å²) in [4.78, 5) is 25.1. The van der Waals surface area contributed by atoms with E-state index >= 15 is 0 Å². The molecule has 2 aliphatic rings. The zero-order chi connectivity index (χ0) is 21.4. The van der Waals surface area contributed by atoms with Gasteiger partial charge in [-0.2, -0.15) is 0 Å². The Hall–Kier alpha value is -3.78. The van der Waals surface area contributed by atoms with Crippen LogP contribution in [0.3, 0.4) is 0 Å². The molecule has 158 valence electrons. The molecule has 2 amide bonds. The van der Waals surface area contributed by atoms with Crippen molar-refractivity contribution in [3.63, 3.8) is 0 Å². The Bertz CT molecular complexity index is 1180. The number of carbonyl (C=O) groups is 2. The van der Waals surface area contributed by atoms with Crippen molar-refractivity contribution in [3.05, 3.63) is 66.2 Å². The maximum absolute atomic E-state index is 12.8. The van der Waals surface area contributed by atoms with Gasteiger partial charge in [0.2, 0.25) is 6.79 Å². The van der Waals surface area contributed by atoms with Crippen LogP contribution in [0.1, 0.15) is 17.9 Å². The lowest BCUT2D eigenvalue weighted by Gasteiger charge is -2.32. The molecule has 1 fully saturated rings. The van der Waals surface area contributed by atoms with E-state index in [0.717, 1.165) is 16.3 Å². The molecular formula is C23H21N3O5. The summed E-state index contributed by atoms with van der Waals surface area (Å²) in [5.74, 6) is -0.443. The number of nitrogens with one attached hydrogen (secondary N) is 3. The SMILES string of the molecule is O=C(Nc1ccc2c(c1)OCO2)N[C@]1(C(=O)O)NCCC1c1ccc2ccccc2c1. The average molecular weight is 419 g/mol. The minimum absolute atomic E-state index is 0.129. The fourth-order valence-electron chi connectivity index (χ4n) is 4.32. The van der Waals surface area contributed by atoms with E-state index in [1.807, 2.05) is 42.5 Å². The Morgan fingerprint density at radius 1 is 1.00 bits per heavy atom. The summed E-state index contributed by atoms with van der Waals surface area (Å²) in [5, 5.41) is 20.6. The van der Waals surface area contributed by atoms with Crippen molar-refractivity contribution in [1.29, 1.82) is 0 Å². The van der Waals surface area contributed by atoms with Crippen molar-refractivity contribution in [3.8, 4) is 11.5 Å². The highest BCUT2D eigenvalue weighted by Crippen LogP contribution is 2.37. The summed E-state index contributed by atoms with van der Waals surface area (Å²) in [7, 11) is 0. The number of ether oxygens (including phenoxy) is 2. The normalized spacial score (nSPS) is 21.7. The molecule has 0 aromatic heterocycles. The molecule has 8 heteroatoms. The number of benzene rings is 3. The predicted molar refractivity (Wildman–Crippen MR) is 114 cm³/mol. The summed E-state index contributed by atoms with van der Waals surface area (Å²) in [6.07, 6.45) is 0.578. The molecule has 31 heavy (non-hydrogen) atoms. The zero-order valence-electron chi connectivity index (χ0n) is 16.6. The van der Waals surface area contributed by atoms with Crippen LogP contribution in [-0.4, -0.2) is 36.1 Å². The molecule has 1 unspecified atom stereocenters. The molecule has 5 rings (SSSR count). The van der Waals surface area contributed by atoms with Crippen LogP contribution >= 0.6 is 0 Å². The third kappa shape index (κ3) is 3.40. The lowest BCUT2D eigenvalue weighted by molar-refractivity contribution is -0.145. The highest BCUT2D eigenvalue weighted by Gasteiger charge is 2.51. The standard InChI is InChI=1S/C23H21N3O5/c27-21(28)23(26-22(29)25-17-7-8-19-20(12-17)31-13-30-19)18(9-10-24-23)16-6-5-14-3-1-2-4-15(14)11-16/h1-8,11-12,18,24H,9-10,13H2,(H,27,28)(H2,25,26,29)/t18?,23-/m1/s1. The minimum atomic E-state index is -1.62. The van der Waals surface area contributed by atoms with Crippen LogP contribution in [-0.2, 0) is 4.79 Å². The lowest BCUT2D eigenvalue weighted by Crippen LogP contribution is -2.64. The molecule has 3 aromatic rings. The maximum Gasteiger partial charge on any atom is 0.345 e. The van der Waals surface area contributed by atoms with Crippen LogP contribution in [0.5, 0.6) is 11.5 Å². The number of amides is 2. The Morgan fingerprint density at radius 3 is 2.65 bits per heavy atom. The summed E-state index contributed by atoms with van der Waals surface area (Å²) in [5.41, 5.74) is -0.292. The molecule has 0 spiro atoms. The number of rotatable bonds is 4. The fraction of sp³-hybridized carbons (Fsp3) is 0.217. The number of carboxylic acid groups (broad SMARTS) is 1. The van der Waals surface area contributed by atoms with Crippen molar-refractivity contribution in [2.45, 2.75) is 18.0 Å². The molecule has 0 saturated carbocycles. The van der Waals surface area contributed by atoms with Crippen molar-refractivity contribution < 1.29 is 24.2 Å². The summed E-state index contributed by atoms with van der Waals surface area (Å²) < 4.78 is 10.6. The Kier molecular flexibility index (Phi) is 4.63. The first-order valence-corrected chi connectivity index (χ1v) is 10.0. The van der Waals surface area contributed by atoms with Gasteiger partial charge in [0.25, 0.3) is 0 Å². The van der Waals surface area contributed by atoms with Crippen molar-refractivity contribution in [2.24, 2.45) is 0 Å². The molecule has 0 aliphatic carbocycles. The molecular weight excluding hydrogens is 398 g/mol. The van der Waals surface area contributed by atoms with Gasteiger partial charge in [-0.3, -0.25) is 5.32 Å². The van der Waals surface area contributed by atoms with Gasteiger partial charge < -0.3 is 25.2 Å². The third-order valence-electron chi connectivity index (χ3n) is 5.81. The first kappa shape index (κ1) is 19.2. The van der Waals surface area contributed by atoms with Crippen molar-refractivity contribution in [1.82, 2.24) is 10.6 Å². The van der Waals surface area contributed by atoms with Crippen LogP contribution in [0.25, 0.3) is 10.8 Å². The van der Waals surface area contributed by atoms with Gasteiger partial charge in [-0.15, -0.1) is 0 Å². The second-order valence-corrected chi connectivity index (χ2v) is 7.63. The molecule has 8 nitrogen and oxygen atoms in total. The third-order valence-corrected chi connectivity index (χ3v) is 5.81. The highest BCUT2D eigenvalue weighted by atomic mass is 16.7. The van der Waals surface area contributed by atoms with Gasteiger partial charge >= 0.3 is 12.0 Å². The van der Waals surface area contributed by atoms with E-state index in [1.54, 1.807) is 18.2 Å². The number of aliphatic carboxylic acids is 1. The van der Waals surface area contributed by atoms with E-state index in [4.69, 9.17) is 9.47 Å². The van der Waals surface area contributed by atoms with E-state index in [1.165, 1.54) is 0 Å². The average Bonchev–Trinajstić information content (AvgIpc) is 3.40. The number of urea groups is 1. The molecule has 4 N–H and O–H groups in total. The summed E-state index contributed by atoms with van der Waals surface area (Å²) >= 11 is 0. The van der Waals surface area contributed by atoms with E-state index in [0.29, 0.717) is 30.2 Å². The topological polar surface area (TPSA) is 109 Å². The monoisotopic (exact) mass is 419 g/mol. The number of anilines is 1. The Morgan fingerprint density at radius 2 is 1.81 bits per heavy atom. The summed E-state index contributed by atoms with van der Waals surface area (Å²) in [6, 6.07) is 18.2. The number of hydrogen-bond acceptors (Lipinski definition) is 5. The maximum atomic E-state index is 12.8. The van der Waals surface area contributed by atoms with Gasteiger partial charge in [0.15, 0.2) is 17.2 Å². The van der Waals surface area contributed by atoms with Crippen LogP contribution in [0, 0.1) is 0 Å². The van der Waals surface area contributed by atoms with Gasteiger partial charge in [-0.05, 0) is 41.4 Å². The first-order valence-electron chi connectivity index (χ1n) is 10.0. The zero-order valence-corrected chi connectivity index (χ0v) is 16.6. The van der Waals surface area contributed by atoms with E-state index in [2.05, 4.69) is 16.0 Å². The second-order valence-electron chi connectivity index (χ2n) is 7.63. The quantitative estimate of drug-likeness (QED) is 0.517. The van der Waals surface area contributed by atoms with Gasteiger partial charge in [-0.1, -0.05) is 42.5 Å². The van der Waals surface area contributed by atoms with E-state index in [-0.39, 0.29) is 6.79 Å². The molecule has 2 heterocycles. The fourth-order valence-corrected chi connectivity index (χ4v) is 4.32. The van der Waals surface area contributed by atoms with Crippen LogP contribution in [0.15, 0.2) is 60.7 Å². The largest absolute Gasteiger partial charge is 0.478 e. The number of fused-ring (bicyclic) bond motifs is 2. The number of carboxylic acids is 1. The predicted octanol–water partition coefficient (Wildman–Crippen LogP) is 3.25. The molecule has 1 saturated heterocycles. The Labute approximate surface area is 178 Å². The van der Waals surface area contributed by atoms with Gasteiger partial charge in [0, 0.05) is 17.7 Å². The van der Waals surface area contributed by atoms with Crippen LogP contribution in [0.2, 0.25) is 0 Å². The van der Waals surface area contributed by atoms with Gasteiger partial charge in [0.05, 0.1) is 0 Å². The van der Waals surface area contributed by atoms with E-state index in [9.17, 15) is 14.7 Å². The second kappa shape index (κ2) is 7.48.